The van der Waals surface area contributed by atoms with Crippen molar-refractivity contribution in [1.29, 1.82) is 0 Å². The van der Waals surface area contributed by atoms with E-state index >= 15 is 0 Å². The standard InChI is InChI=1S/C15H19F2NO2/c1-9-3-11(9)6-14(15(19)18-2)20-8-10-4-12(16)7-13(17)5-10/h4-5,7,9,11,14H,3,6,8H2,1-2H3,(H,18,19). The number of benzene rings is 1. The predicted octanol–water partition coefficient (Wildman–Crippen LogP) is 2.64. The smallest absolute Gasteiger partial charge is 0.248 e. The van der Waals surface area contributed by atoms with Crippen LogP contribution in [0.1, 0.15) is 25.3 Å². The molecular formula is C15H19F2NO2. The van der Waals surface area contributed by atoms with Crippen LogP contribution in [-0.2, 0) is 16.1 Å². The van der Waals surface area contributed by atoms with E-state index in [-0.39, 0.29) is 12.5 Å². The van der Waals surface area contributed by atoms with Crippen LogP contribution in [0.3, 0.4) is 0 Å². The third-order valence-electron chi connectivity index (χ3n) is 3.71. The third-order valence-corrected chi connectivity index (χ3v) is 3.71. The minimum atomic E-state index is -0.643. The van der Waals surface area contributed by atoms with E-state index in [2.05, 4.69) is 12.2 Å². The molecule has 5 heteroatoms. The highest BCUT2D eigenvalue weighted by molar-refractivity contribution is 5.80. The fourth-order valence-corrected chi connectivity index (χ4v) is 2.31. The molecule has 2 rings (SSSR count). The van der Waals surface area contributed by atoms with Crippen molar-refractivity contribution in [2.45, 2.75) is 32.5 Å². The lowest BCUT2D eigenvalue weighted by atomic mass is 10.1. The average Bonchev–Trinajstić information content (AvgIpc) is 3.08. The molecule has 0 aliphatic heterocycles. The number of ether oxygens (including phenoxy) is 1. The number of carbonyl (C=O) groups is 1. The number of halogens is 2. The summed E-state index contributed by atoms with van der Waals surface area (Å²) in [5, 5.41) is 2.56. The van der Waals surface area contributed by atoms with Gasteiger partial charge >= 0.3 is 0 Å². The first kappa shape index (κ1) is 14.9. The van der Waals surface area contributed by atoms with Crippen LogP contribution in [0.2, 0.25) is 0 Å². The lowest BCUT2D eigenvalue weighted by molar-refractivity contribution is -0.133. The zero-order valence-electron chi connectivity index (χ0n) is 11.7. The molecule has 0 bridgehead atoms. The first-order valence-electron chi connectivity index (χ1n) is 6.77. The van der Waals surface area contributed by atoms with E-state index < -0.39 is 17.7 Å². The van der Waals surface area contributed by atoms with Gasteiger partial charge in [0.2, 0.25) is 5.91 Å². The van der Waals surface area contributed by atoms with E-state index in [1.165, 1.54) is 12.1 Å². The highest BCUT2D eigenvalue weighted by Crippen LogP contribution is 2.41. The van der Waals surface area contributed by atoms with E-state index in [0.29, 0.717) is 23.8 Å². The second-order valence-electron chi connectivity index (χ2n) is 5.40. The number of amides is 1. The Labute approximate surface area is 117 Å². The second kappa shape index (κ2) is 6.31. The Kier molecular flexibility index (Phi) is 4.70. The summed E-state index contributed by atoms with van der Waals surface area (Å²) in [5.74, 6) is -0.355. The fraction of sp³-hybridized carbons (Fsp3) is 0.533. The normalized spacial score (nSPS) is 22.4. The number of hydrogen-bond acceptors (Lipinski definition) is 2. The number of carbonyl (C=O) groups excluding carboxylic acids is 1. The summed E-state index contributed by atoms with van der Waals surface area (Å²) in [5.41, 5.74) is 0.389. The maximum absolute atomic E-state index is 13.1. The highest BCUT2D eigenvalue weighted by atomic mass is 19.1. The van der Waals surface area contributed by atoms with Gasteiger partial charge in [-0.2, -0.15) is 0 Å². The van der Waals surface area contributed by atoms with Gasteiger partial charge in [-0.1, -0.05) is 6.92 Å². The van der Waals surface area contributed by atoms with Gasteiger partial charge in [-0.05, 0) is 42.4 Å². The van der Waals surface area contributed by atoms with E-state index in [1.807, 2.05) is 0 Å². The Bertz CT molecular complexity index is 473. The first-order valence-corrected chi connectivity index (χ1v) is 6.77. The summed E-state index contributed by atoms with van der Waals surface area (Å²) in [6.07, 6.45) is 1.19. The molecule has 0 saturated heterocycles. The van der Waals surface area contributed by atoms with Crippen LogP contribution >= 0.6 is 0 Å². The van der Waals surface area contributed by atoms with Crippen molar-refractivity contribution in [3.05, 3.63) is 35.4 Å². The van der Waals surface area contributed by atoms with Crippen LogP contribution in [-0.4, -0.2) is 19.1 Å². The zero-order valence-corrected chi connectivity index (χ0v) is 11.7. The van der Waals surface area contributed by atoms with Gasteiger partial charge in [0.1, 0.15) is 17.7 Å². The van der Waals surface area contributed by atoms with Gasteiger partial charge in [0.15, 0.2) is 0 Å². The molecule has 1 aromatic carbocycles. The molecule has 3 unspecified atom stereocenters. The Hall–Kier alpha value is -1.49. The van der Waals surface area contributed by atoms with Crippen LogP contribution in [0.25, 0.3) is 0 Å². The number of likely N-dealkylation sites (N-methyl/N-ethyl adjacent to an activating group) is 1. The second-order valence-corrected chi connectivity index (χ2v) is 5.40. The van der Waals surface area contributed by atoms with Crippen molar-refractivity contribution in [2.24, 2.45) is 11.8 Å². The number of nitrogens with one attached hydrogen (secondary N) is 1. The average molecular weight is 283 g/mol. The molecule has 3 nitrogen and oxygen atoms in total. The monoisotopic (exact) mass is 283 g/mol. The minimum absolute atomic E-state index is 0.0217. The topological polar surface area (TPSA) is 38.3 Å². The van der Waals surface area contributed by atoms with Crippen molar-refractivity contribution in [2.75, 3.05) is 7.05 Å². The molecule has 1 amide bonds. The summed E-state index contributed by atoms with van der Waals surface area (Å²) in [4.78, 5) is 11.8. The zero-order chi connectivity index (χ0) is 14.7. The maximum atomic E-state index is 13.1. The SMILES string of the molecule is CNC(=O)C(CC1CC1C)OCc1cc(F)cc(F)c1. The van der Waals surface area contributed by atoms with E-state index in [1.54, 1.807) is 7.05 Å². The molecule has 1 aromatic rings. The predicted molar refractivity (Wildman–Crippen MR) is 70.9 cm³/mol. The largest absolute Gasteiger partial charge is 0.364 e. The molecule has 1 fully saturated rings. The van der Waals surface area contributed by atoms with Crippen LogP contribution < -0.4 is 5.32 Å². The Morgan fingerprint density at radius 1 is 1.40 bits per heavy atom. The molecule has 1 N–H and O–H groups in total. The summed E-state index contributed by atoms with van der Waals surface area (Å²) < 4.78 is 31.7. The van der Waals surface area contributed by atoms with Gasteiger partial charge in [-0.15, -0.1) is 0 Å². The summed E-state index contributed by atoms with van der Waals surface area (Å²) in [6, 6.07) is 3.24. The molecule has 1 saturated carbocycles. The van der Waals surface area contributed by atoms with Crippen LogP contribution in [0.5, 0.6) is 0 Å². The van der Waals surface area contributed by atoms with Crippen molar-refractivity contribution < 1.29 is 18.3 Å². The molecule has 0 aromatic heterocycles. The Balaban J connectivity index is 1.95. The van der Waals surface area contributed by atoms with Gasteiger partial charge in [0.25, 0.3) is 0 Å². The van der Waals surface area contributed by atoms with Gasteiger partial charge in [0.05, 0.1) is 6.61 Å². The fourth-order valence-electron chi connectivity index (χ4n) is 2.31. The molecule has 110 valence electrons. The van der Waals surface area contributed by atoms with Crippen molar-refractivity contribution >= 4 is 5.91 Å². The van der Waals surface area contributed by atoms with Gasteiger partial charge in [-0.3, -0.25) is 4.79 Å². The van der Waals surface area contributed by atoms with E-state index in [0.717, 1.165) is 12.5 Å². The molecule has 1 aliphatic carbocycles. The molecule has 20 heavy (non-hydrogen) atoms. The van der Waals surface area contributed by atoms with Crippen molar-refractivity contribution in [3.8, 4) is 0 Å². The molecule has 1 aliphatic rings. The summed E-state index contributed by atoms with van der Waals surface area (Å²) in [6.45, 7) is 2.15. The molecule has 3 atom stereocenters. The minimum Gasteiger partial charge on any atom is -0.364 e. The summed E-state index contributed by atoms with van der Waals surface area (Å²) >= 11 is 0. The molecule has 0 spiro atoms. The lowest BCUT2D eigenvalue weighted by Gasteiger charge is -2.16. The van der Waals surface area contributed by atoms with Gasteiger partial charge in [-0.25, -0.2) is 8.78 Å². The van der Waals surface area contributed by atoms with E-state index in [4.69, 9.17) is 4.74 Å². The number of rotatable bonds is 6. The van der Waals surface area contributed by atoms with Gasteiger partial charge in [0, 0.05) is 13.1 Å². The maximum Gasteiger partial charge on any atom is 0.248 e. The Morgan fingerprint density at radius 2 is 2.00 bits per heavy atom. The highest BCUT2D eigenvalue weighted by Gasteiger charge is 2.36. The molecule has 0 heterocycles. The molecular weight excluding hydrogens is 264 g/mol. The van der Waals surface area contributed by atoms with Crippen molar-refractivity contribution in [3.63, 3.8) is 0 Å². The van der Waals surface area contributed by atoms with Crippen LogP contribution in [0, 0.1) is 23.5 Å². The summed E-state index contributed by atoms with van der Waals surface area (Å²) in [7, 11) is 1.55. The quantitative estimate of drug-likeness (QED) is 0.871. The number of hydrogen-bond donors (Lipinski definition) is 1. The lowest BCUT2D eigenvalue weighted by Crippen LogP contribution is -2.34. The van der Waals surface area contributed by atoms with Crippen molar-refractivity contribution in [1.82, 2.24) is 5.32 Å². The van der Waals surface area contributed by atoms with Gasteiger partial charge < -0.3 is 10.1 Å². The van der Waals surface area contributed by atoms with Crippen LogP contribution in [0.4, 0.5) is 8.78 Å². The Morgan fingerprint density at radius 3 is 2.50 bits per heavy atom. The van der Waals surface area contributed by atoms with Crippen LogP contribution in [0.15, 0.2) is 18.2 Å². The molecule has 0 radical (unpaired) electrons. The van der Waals surface area contributed by atoms with E-state index in [9.17, 15) is 13.6 Å². The third kappa shape index (κ3) is 4.00. The first-order chi connectivity index (χ1) is 9.49.